The Bertz CT molecular complexity index is 2980. The number of ether oxygens (including phenoxy) is 1. The van der Waals surface area contributed by atoms with Gasteiger partial charge in [-0.1, -0.05) is 41.5 Å². The summed E-state index contributed by atoms with van der Waals surface area (Å²) in [5, 5.41) is 22.3. The van der Waals surface area contributed by atoms with Gasteiger partial charge in [0, 0.05) is 124 Å². The average Bonchev–Trinajstić information content (AvgIpc) is 3.99. The number of likely N-dealkylation sites (tertiary alicyclic amines) is 1. The van der Waals surface area contributed by atoms with E-state index in [9.17, 15) is 28.0 Å². The van der Waals surface area contributed by atoms with Crippen molar-refractivity contribution in [1.82, 2.24) is 44.6 Å². The van der Waals surface area contributed by atoms with Crippen LogP contribution in [0.1, 0.15) is 124 Å². The van der Waals surface area contributed by atoms with Crippen LogP contribution in [-0.2, 0) is 37.4 Å². The molecule has 5 aliphatic rings. The van der Waals surface area contributed by atoms with Gasteiger partial charge in [0.25, 0.3) is 5.91 Å². The molecular formula is C56H69F3N12O3. The number of hydrogen-bond donors (Lipinski definition) is 1. The first-order valence-electron chi connectivity index (χ1n) is 26.2. The number of carbonyl (C=O) groups is 2. The van der Waals surface area contributed by atoms with Crippen LogP contribution in [0.4, 0.5) is 30.6 Å². The molecule has 1 aliphatic carbocycles. The Morgan fingerprint density at radius 1 is 0.932 bits per heavy atom. The Labute approximate surface area is 432 Å². The maximum absolute atomic E-state index is 13.7. The number of halogens is 3. The zero-order chi connectivity index (χ0) is 52.6. The molecule has 18 heteroatoms. The zero-order valence-electron chi connectivity index (χ0n) is 44.2. The Balaban J connectivity index is 0.755. The zero-order valence-corrected chi connectivity index (χ0v) is 44.2. The third-order valence-corrected chi connectivity index (χ3v) is 17.1. The molecule has 0 bridgehead atoms. The second-order valence-corrected chi connectivity index (χ2v) is 23.4. The summed E-state index contributed by atoms with van der Waals surface area (Å²) < 4.78 is 51.5. The molecule has 1 unspecified atom stereocenters. The number of amides is 2. The molecule has 3 aromatic heterocycles. The number of anilines is 3. The highest BCUT2D eigenvalue weighted by molar-refractivity contribution is 5.94. The quantitative estimate of drug-likeness (QED) is 0.143. The molecule has 7 heterocycles. The average molecular weight is 1020 g/mol. The topological polar surface area (TPSA) is 154 Å². The fourth-order valence-electron chi connectivity index (χ4n) is 13.3. The summed E-state index contributed by atoms with van der Waals surface area (Å²) in [5.74, 6) is 1.82. The molecule has 3 fully saturated rings. The number of piperidine rings is 2. The highest BCUT2D eigenvalue weighted by Crippen LogP contribution is 2.56. The summed E-state index contributed by atoms with van der Waals surface area (Å²) in [7, 11) is 1.95. The molecule has 5 aromatic rings. The van der Waals surface area contributed by atoms with E-state index in [1.54, 1.807) is 25.4 Å². The molecule has 0 spiro atoms. The van der Waals surface area contributed by atoms with Crippen molar-refractivity contribution < 1.29 is 27.5 Å². The number of nitriles is 1. The molecule has 4 aliphatic heterocycles. The van der Waals surface area contributed by atoms with Crippen LogP contribution in [0.25, 0.3) is 11.1 Å². The highest BCUT2D eigenvalue weighted by Gasteiger charge is 2.64. The van der Waals surface area contributed by atoms with Gasteiger partial charge in [-0.3, -0.25) is 19.0 Å². The van der Waals surface area contributed by atoms with Crippen LogP contribution in [0.15, 0.2) is 55.1 Å². The van der Waals surface area contributed by atoms with Gasteiger partial charge < -0.3 is 29.7 Å². The van der Waals surface area contributed by atoms with Crippen molar-refractivity contribution in [3.8, 4) is 22.9 Å². The first-order chi connectivity index (χ1) is 35.0. The first kappa shape index (κ1) is 51.0. The summed E-state index contributed by atoms with van der Waals surface area (Å²) >= 11 is 0. The summed E-state index contributed by atoms with van der Waals surface area (Å²) in [5.41, 5.74) is 6.03. The highest BCUT2D eigenvalue weighted by atomic mass is 19.4. The van der Waals surface area contributed by atoms with E-state index < -0.39 is 34.2 Å². The second kappa shape index (κ2) is 19.0. The SMILES string of the molecule is CC(=O)N1CCc2c(c(N3CCCc4cc(-c5cnn(C)c5)c(C)cc43)nn2C2CCN(CC3CCN(c4ncc(C(=O)NC5C(C)(C)C(Oc6ccc(C#N)c(C(F)(F)F)c6)C5(C)C)cn4)CC3(C)C)CC2)C1. The third-order valence-electron chi connectivity index (χ3n) is 17.1. The largest absolute Gasteiger partial charge is 0.489 e. The fraction of sp³-hybridized carbons (Fsp3) is 0.554. The lowest BCUT2D eigenvalue weighted by Gasteiger charge is -2.63. The summed E-state index contributed by atoms with van der Waals surface area (Å²) in [4.78, 5) is 45.0. The van der Waals surface area contributed by atoms with Gasteiger partial charge in [-0.2, -0.15) is 28.6 Å². The van der Waals surface area contributed by atoms with Gasteiger partial charge in [-0.25, -0.2) is 9.97 Å². The number of rotatable bonds is 10. The van der Waals surface area contributed by atoms with Crippen LogP contribution in [0.3, 0.4) is 0 Å². The molecule has 74 heavy (non-hydrogen) atoms. The van der Waals surface area contributed by atoms with Gasteiger partial charge >= 0.3 is 6.18 Å². The predicted molar refractivity (Wildman–Crippen MR) is 276 cm³/mol. The molecule has 1 N–H and O–H groups in total. The summed E-state index contributed by atoms with van der Waals surface area (Å²) in [6.07, 6.45) is 7.74. The lowest BCUT2D eigenvalue weighted by molar-refractivity contribution is -0.164. The number of aromatic nitrogens is 6. The van der Waals surface area contributed by atoms with Crippen molar-refractivity contribution in [3.05, 3.63) is 94.2 Å². The molecule has 10 rings (SSSR count). The van der Waals surface area contributed by atoms with Gasteiger partial charge in [0.1, 0.15) is 11.9 Å². The Morgan fingerprint density at radius 2 is 1.66 bits per heavy atom. The Hall–Kier alpha value is -6.48. The van der Waals surface area contributed by atoms with Crippen LogP contribution in [0.2, 0.25) is 0 Å². The molecule has 2 amide bonds. The van der Waals surface area contributed by atoms with Crippen LogP contribution in [0, 0.1) is 40.4 Å². The minimum atomic E-state index is -4.70. The summed E-state index contributed by atoms with van der Waals surface area (Å²) in [6.45, 7) is 22.9. The third kappa shape index (κ3) is 9.38. The van der Waals surface area contributed by atoms with Gasteiger partial charge in [0.15, 0.2) is 5.82 Å². The smallest absolute Gasteiger partial charge is 0.417 e. The molecule has 392 valence electrons. The normalized spacial score (nSPS) is 22.6. The molecule has 2 saturated heterocycles. The second-order valence-electron chi connectivity index (χ2n) is 23.4. The van der Waals surface area contributed by atoms with Gasteiger partial charge in [0.2, 0.25) is 11.9 Å². The molecular weight excluding hydrogens is 946 g/mol. The van der Waals surface area contributed by atoms with Gasteiger partial charge in [-0.15, -0.1) is 0 Å². The molecule has 1 saturated carbocycles. The Morgan fingerprint density at radius 3 is 2.31 bits per heavy atom. The van der Waals surface area contributed by atoms with E-state index in [2.05, 4.69) is 78.9 Å². The van der Waals surface area contributed by atoms with Crippen molar-refractivity contribution in [1.29, 1.82) is 5.26 Å². The molecule has 15 nitrogen and oxygen atoms in total. The van der Waals surface area contributed by atoms with Crippen molar-refractivity contribution in [2.75, 3.05) is 55.6 Å². The summed E-state index contributed by atoms with van der Waals surface area (Å²) in [6, 6.07) is 9.55. The lowest BCUT2D eigenvalue weighted by Crippen LogP contribution is -2.74. The van der Waals surface area contributed by atoms with E-state index >= 15 is 0 Å². The standard InChI is InChI=1S/C56H69F3N12O3/c1-34-23-47-36(24-43(34)39-29-63-66(9)30-39)11-10-18-70(47)48-44-32-68(35(2)72)22-17-46(44)71(65-48)41-15-19-67(20-16-41)31-40-14-21-69(33-53(40,3)4)52-61-27-38(28-62-52)49(73)64-50-54(5,6)51(55(50,7)8)74-42-13-12-37(26-60)45(25-42)56(57,58)59/h12-13,23-25,27-30,40-41,50-51H,10-11,14-22,31-33H2,1-9H3,(H,64,73). The van der Waals surface area contributed by atoms with E-state index in [-0.39, 0.29) is 35.1 Å². The van der Waals surface area contributed by atoms with Crippen LogP contribution < -0.4 is 19.9 Å². The Kier molecular flexibility index (Phi) is 13.1. The fourth-order valence-corrected chi connectivity index (χ4v) is 13.3. The molecule has 0 radical (unpaired) electrons. The number of aryl methyl sites for hydroxylation is 3. The van der Waals surface area contributed by atoms with Gasteiger partial charge in [0.05, 0.1) is 41.5 Å². The maximum Gasteiger partial charge on any atom is 0.417 e. The van der Waals surface area contributed by atoms with Crippen LogP contribution in [-0.4, -0.2) is 109 Å². The molecule has 2 aromatic carbocycles. The van der Waals surface area contributed by atoms with Gasteiger partial charge in [-0.05, 0) is 97.4 Å². The van der Waals surface area contributed by atoms with Crippen molar-refractivity contribution in [2.45, 2.75) is 125 Å². The van der Waals surface area contributed by atoms with Crippen molar-refractivity contribution >= 4 is 29.3 Å². The number of nitrogens with zero attached hydrogens (tertiary/aromatic N) is 11. The van der Waals surface area contributed by atoms with Crippen LogP contribution >= 0.6 is 0 Å². The number of benzene rings is 2. The van der Waals surface area contributed by atoms with Crippen molar-refractivity contribution in [2.24, 2.45) is 29.2 Å². The maximum atomic E-state index is 13.7. The van der Waals surface area contributed by atoms with Crippen molar-refractivity contribution in [3.63, 3.8) is 0 Å². The van der Waals surface area contributed by atoms with E-state index in [0.29, 0.717) is 30.5 Å². The van der Waals surface area contributed by atoms with E-state index in [4.69, 9.17) is 9.84 Å². The molecule has 1 atom stereocenters. The number of carbonyl (C=O) groups excluding carboxylic acids is 2. The van der Waals surface area contributed by atoms with E-state index in [0.717, 1.165) is 101 Å². The minimum Gasteiger partial charge on any atom is -0.489 e. The number of hydrogen-bond acceptors (Lipinski definition) is 11. The monoisotopic (exact) mass is 1010 g/mol. The van der Waals surface area contributed by atoms with E-state index in [1.165, 1.54) is 39.7 Å². The number of alkyl halides is 3. The lowest BCUT2D eigenvalue weighted by atomic mass is 9.49. The van der Waals surface area contributed by atoms with E-state index in [1.807, 2.05) is 50.5 Å². The predicted octanol–water partition coefficient (Wildman–Crippen LogP) is 9.06. The van der Waals surface area contributed by atoms with Crippen LogP contribution in [0.5, 0.6) is 5.75 Å². The minimum absolute atomic E-state index is 0.0132. The number of fused-ring (bicyclic) bond motifs is 2. The first-order valence-corrected chi connectivity index (χ1v) is 26.2. The number of nitrogens with one attached hydrogen (secondary N) is 1.